The summed E-state index contributed by atoms with van der Waals surface area (Å²) in [5.74, 6) is 1.05. The normalized spacial score (nSPS) is 21.7. The molecule has 1 aromatic carbocycles. The van der Waals surface area contributed by atoms with Crippen molar-refractivity contribution in [2.24, 2.45) is 5.73 Å². The van der Waals surface area contributed by atoms with Gasteiger partial charge in [-0.3, -0.25) is 0 Å². The van der Waals surface area contributed by atoms with E-state index in [9.17, 15) is 0 Å². The lowest BCUT2D eigenvalue weighted by Gasteiger charge is -2.12. The first kappa shape index (κ1) is 13.4. The van der Waals surface area contributed by atoms with Crippen LogP contribution in [0.5, 0.6) is 0 Å². The number of nitrogens with two attached hydrogens (primary N) is 1. The molecule has 2 atom stereocenters. The van der Waals surface area contributed by atoms with Crippen molar-refractivity contribution in [2.45, 2.75) is 36.8 Å². The minimum Gasteiger partial charge on any atom is -0.377 e. The lowest BCUT2D eigenvalue weighted by molar-refractivity contribution is 0.129. The zero-order valence-corrected chi connectivity index (χ0v) is 12.4. The SMILES string of the molecule is C[C@H](N)c1ccc(SCC2CCCO2)cc1Br. The lowest BCUT2D eigenvalue weighted by Crippen LogP contribution is -2.08. The van der Waals surface area contributed by atoms with E-state index in [2.05, 4.69) is 34.1 Å². The summed E-state index contributed by atoms with van der Waals surface area (Å²) in [6.07, 6.45) is 2.84. The van der Waals surface area contributed by atoms with Gasteiger partial charge in [0.1, 0.15) is 0 Å². The molecule has 0 saturated carbocycles. The zero-order valence-electron chi connectivity index (χ0n) is 9.99. The average Bonchev–Trinajstić information content (AvgIpc) is 2.78. The van der Waals surface area contributed by atoms with Gasteiger partial charge < -0.3 is 10.5 Å². The van der Waals surface area contributed by atoms with E-state index < -0.39 is 0 Å². The fourth-order valence-corrected chi connectivity index (χ4v) is 3.83. The summed E-state index contributed by atoms with van der Waals surface area (Å²) in [6.45, 7) is 2.93. The molecule has 94 valence electrons. The number of halogens is 1. The Balaban J connectivity index is 1.94. The maximum Gasteiger partial charge on any atom is 0.0669 e. The van der Waals surface area contributed by atoms with Gasteiger partial charge >= 0.3 is 0 Å². The highest BCUT2D eigenvalue weighted by Crippen LogP contribution is 2.29. The van der Waals surface area contributed by atoms with Gasteiger partial charge in [-0.05, 0) is 37.5 Å². The Hall–Kier alpha value is -0.0300. The Morgan fingerprint density at radius 2 is 2.41 bits per heavy atom. The van der Waals surface area contributed by atoms with Crippen LogP contribution in [0.3, 0.4) is 0 Å². The fourth-order valence-electron chi connectivity index (χ4n) is 1.93. The van der Waals surface area contributed by atoms with E-state index in [4.69, 9.17) is 10.5 Å². The highest BCUT2D eigenvalue weighted by molar-refractivity contribution is 9.10. The number of benzene rings is 1. The molecule has 1 fully saturated rings. The number of rotatable bonds is 4. The molecule has 1 aliphatic rings. The van der Waals surface area contributed by atoms with Gasteiger partial charge in [-0.15, -0.1) is 11.8 Å². The number of hydrogen-bond acceptors (Lipinski definition) is 3. The summed E-state index contributed by atoms with van der Waals surface area (Å²) in [4.78, 5) is 1.27. The standard InChI is InChI=1S/C13H18BrNOS/c1-9(15)12-5-4-11(7-13(12)14)17-8-10-3-2-6-16-10/h4-5,7,9-10H,2-3,6,8,15H2,1H3/t9-,10?/m0/s1. The van der Waals surface area contributed by atoms with Crippen molar-refractivity contribution in [3.05, 3.63) is 28.2 Å². The van der Waals surface area contributed by atoms with Crippen LogP contribution in [0.1, 0.15) is 31.4 Å². The van der Waals surface area contributed by atoms with Crippen LogP contribution in [0, 0.1) is 0 Å². The minimum atomic E-state index is 0.0709. The monoisotopic (exact) mass is 315 g/mol. The van der Waals surface area contributed by atoms with E-state index in [1.807, 2.05) is 18.7 Å². The second-order valence-electron chi connectivity index (χ2n) is 4.42. The Morgan fingerprint density at radius 3 is 3.00 bits per heavy atom. The zero-order chi connectivity index (χ0) is 12.3. The Labute approximate surface area is 115 Å². The summed E-state index contributed by atoms with van der Waals surface area (Å²) in [6, 6.07) is 6.47. The van der Waals surface area contributed by atoms with Crippen molar-refractivity contribution in [1.29, 1.82) is 0 Å². The van der Waals surface area contributed by atoms with Crippen molar-refractivity contribution in [2.75, 3.05) is 12.4 Å². The van der Waals surface area contributed by atoms with Gasteiger partial charge in [0.05, 0.1) is 6.10 Å². The lowest BCUT2D eigenvalue weighted by atomic mass is 10.1. The van der Waals surface area contributed by atoms with Crippen LogP contribution in [0.4, 0.5) is 0 Å². The van der Waals surface area contributed by atoms with Gasteiger partial charge in [-0.2, -0.15) is 0 Å². The summed E-state index contributed by atoms with van der Waals surface area (Å²) in [7, 11) is 0. The number of thioether (sulfide) groups is 1. The molecule has 0 aliphatic carbocycles. The van der Waals surface area contributed by atoms with E-state index in [1.54, 1.807) is 0 Å². The molecule has 17 heavy (non-hydrogen) atoms. The summed E-state index contributed by atoms with van der Waals surface area (Å²) in [5.41, 5.74) is 7.04. The molecule has 0 amide bonds. The highest BCUT2D eigenvalue weighted by Gasteiger charge is 2.15. The number of hydrogen-bond donors (Lipinski definition) is 1. The Bertz CT molecular complexity index is 378. The molecule has 4 heteroatoms. The molecule has 0 radical (unpaired) electrons. The Morgan fingerprint density at radius 1 is 1.59 bits per heavy atom. The minimum absolute atomic E-state index is 0.0709. The molecule has 0 aromatic heterocycles. The van der Waals surface area contributed by atoms with Crippen LogP contribution < -0.4 is 5.73 Å². The third kappa shape index (κ3) is 3.71. The van der Waals surface area contributed by atoms with E-state index in [1.165, 1.54) is 17.7 Å². The van der Waals surface area contributed by atoms with Gasteiger partial charge in [-0.1, -0.05) is 22.0 Å². The van der Waals surface area contributed by atoms with Crippen LogP contribution in [-0.4, -0.2) is 18.5 Å². The molecular formula is C13H18BrNOS. The quantitative estimate of drug-likeness (QED) is 0.860. The third-order valence-electron chi connectivity index (χ3n) is 2.92. The van der Waals surface area contributed by atoms with E-state index in [-0.39, 0.29) is 6.04 Å². The molecule has 2 nitrogen and oxygen atoms in total. The first-order chi connectivity index (χ1) is 8.16. The predicted octanol–water partition coefficient (Wildman–Crippen LogP) is 3.74. The van der Waals surface area contributed by atoms with Gasteiger partial charge in [0.25, 0.3) is 0 Å². The molecule has 1 aromatic rings. The maximum absolute atomic E-state index is 5.88. The van der Waals surface area contributed by atoms with E-state index in [0.717, 1.165) is 22.4 Å². The van der Waals surface area contributed by atoms with Gasteiger partial charge in [-0.25, -0.2) is 0 Å². The van der Waals surface area contributed by atoms with E-state index >= 15 is 0 Å². The largest absolute Gasteiger partial charge is 0.377 e. The molecule has 2 rings (SSSR count). The second kappa shape index (κ2) is 6.23. The third-order valence-corrected chi connectivity index (χ3v) is 4.73. The predicted molar refractivity (Wildman–Crippen MR) is 76.4 cm³/mol. The van der Waals surface area contributed by atoms with E-state index in [0.29, 0.717) is 6.10 Å². The molecule has 0 bridgehead atoms. The van der Waals surface area contributed by atoms with Gasteiger partial charge in [0.15, 0.2) is 0 Å². The van der Waals surface area contributed by atoms with Crippen molar-refractivity contribution < 1.29 is 4.74 Å². The second-order valence-corrected chi connectivity index (χ2v) is 6.37. The molecule has 1 aliphatic heterocycles. The topological polar surface area (TPSA) is 35.2 Å². The van der Waals surface area contributed by atoms with Crippen LogP contribution in [0.2, 0.25) is 0 Å². The van der Waals surface area contributed by atoms with Crippen molar-refractivity contribution >= 4 is 27.7 Å². The first-order valence-corrected chi connectivity index (χ1v) is 7.74. The molecule has 1 saturated heterocycles. The van der Waals surface area contributed by atoms with Crippen LogP contribution in [0.25, 0.3) is 0 Å². The summed E-state index contributed by atoms with van der Waals surface area (Å²) < 4.78 is 6.72. The summed E-state index contributed by atoms with van der Waals surface area (Å²) >= 11 is 5.43. The molecule has 0 spiro atoms. The van der Waals surface area contributed by atoms with Crippen molar-refractivity contribution in [3.63, 3.8) is 0 Å². The maximum atomic E-state index is 5.88. The summed E-state index contributed by atoms with van der Waals surface area (Å²) in [5, 5.41) is 0. The highest BCUT2D eigenvalue weighted by atomic mass is 79.9. The van der Waals surface area contributed by atoms with Crippen molar-refractivity contribution in [1.82, 2.24) is 0 Å². The van der Waals surface area contributed by atoms with Crippen LogP contribution in [-0.2, 0) is 4.74 Å². The first-order valence-electron chi connectivity index (χ1n) is 5.96. The van der Waals surface area contributed by atoms with Crippen LogP contribution >= 0.6 is 27.7 Å². The van der Waals surface area contributed by atoms with Crippen molar-refractivity contribution in [3.8, 4) is 0 Å². The van der Waals surface area contributed by atoms with Gasteiger partial charge in [0, 0.05) is 27.8 Å². The molecule has 1 heterocycles. The smallest absolute Gasteiger partial charge is 0.0669 e. The Kier molecular flexibility index (Phi) is 4.91. The molecular weight excluding hydrogens is 298 g/mol. The molecule has 1 unspecified atom stereocenters. The average molecular weight is 316 g/mol. The fraction of sp³-hybridized carbons (Fsp3) is 0.538. The van der Waals surface area contributed by atoms with Gasteiger partial charge in [0.2, 0.25) is 0 Å². The van der Waals surface area contributed by atoms with Crippen LogP contribution in [0.15, 0.2) is 27.6 Å². The number of ether oxygens (including phenoxy) is 1. The molecule has 2 N–H and O–H groups in total.